The zero-order valence-corrected chi connectivity index (χ0v) is 13.8. The van der Waals surface area contributed by atoms with Crippen LogP contribution in [0, 0.1) is 11.7 Å². The Morgan fingerprint density at radius 3 is 2.86 bits per heavy atom. The number of hydrogen-bond acceptors (Lipinski definition) is 3. The fourth-order valence-electron chi connectivity index (χ4n) is 2.54. The van der Waals surface area contributed by atoms with Crippen molar-refractivity contribution in [3.8, 4) is 0 Å². The minimum Gasteiger partial charge on any atom is -0.385 e. The first-order chi connectivity index (χ1) is 10.2. The lowest BCUT2D eigenvalue weighted by Crippen LogP contribution is -2.27. The number of hydrogen-bond donors (Lipinski definition) is 1. The van der Waals surface area contributed by atoms with E-state index in [0.717, 1.165) is 36.1 Å². The van der Waals surface area contributed by atoms with Gasteiger partial charge in [-0.2, -0.15) is 0 Å². The summed E-state index contributed by atoms with van der Waals surface area (Å²) in [7, 11) is 1.74. The van der Waals surface area contributed by atoms with E-state index in [-0.39, 0.29) is 5.82 Å². The summed E-state index contributed by atoms with van der Waals surface area (Å²) in [5.74, 6) is 0.312. The highest BCUT2D eigenvalue weighted by atomic mass is 32.1. The van der Waals surface area contributed by atoms with Crippen LogP contribution in [0.1, 0.15) is 37.6 Å². The normalized spacial score (nSPS) is 14.5. The highest BCUT2D eigenvalue weighted by Gasteiger charge is 2.20. The van der Waals surface area contributed by atoms with Crippen molar-refractivity contribution in [1.29, 1.82) is 0 Å². The van der Waals surface area contributed by atoms with Crippen LogP contribution in [0.5, 0.6) is 0 Å². The van der Waals surface area contributed by atoms with E-state index in [0.29, 0.717) is 12.0 Å². The number of fused-ring (bicyclic) bond motifs is 1. The Kier molecular flexibility index (Phi) is 6.15. The second-order valence-corrected chi connectivity index (χ2v) is 6.64. The number of ether oxygens (including phenoxy) is 1. The number of halogens is 1. The predicted octanol–water partition coefficient (Wildman–Crippen LogP) is 4.75. The molecule has 1 aromatic carbocycles. The molecule has 2 rings (SSSR count). The average Bonchev–Trinajstić information content (AvgIpc) is 2.88. The lowest BCUT2D eigenvalue weighted by Gasteiger charge is -2.24. The molecule has 0 radical (unpaired) electrons. The smallest absolute Gasteiger partial charge is 0.123 e. The van der Waals surface area contributed by atoms with E-state index in [4.69, 9.17) is 4.74 Å². The van der Waals surface area contributed by atoms with E-state index < -0.39 is 0 Å². The molecule has 4 heteroatoms. The van der Waals surface area contributed by atoms with Crippen LogP contribution in [0.15, 0.2) is 24.3 Å². The minimum absolute atomic E-state index is 0.169. The Bertz CT molecular complexity index is 569. The molecule has 1 N–H and O–H groups in total. The van der Waals surface area contributed by atoms with Gasteiger partial charge in [0.2, 0.25) is 0 Å². The Balaban J connectivity index is 2.24. The Morgan fingerprint density at radius 2 is 2.14 bits per heavy atom. The van der Waals surface area contributed by atoms with E-state index in [1.807, 2.05) is 6.07 Å². The summed E-state index contributed by atoms with van der Waals surface area (Å²) < 4.78 is 19.7. The molecule has 21 heavy (non-hydrogen) atoms. The molecule has 2 atom stereocenters. The second kappa shape index (κ2) is 7.87. The summed E-state index contributed by atoms with van der Waals surface area (Å²) in [6.07, 6.45) is 2.12. The van der Waals surface area contributed by atoms with E-state index >= 15 is 0 Å². The van der Waals surface area contributed by atoms with Gasteiger partial charge < -0.3 is 10.1 Å². The maximum absolute atomic E-state index is 13.3. The molecule has 0 aliphatic carbocycles. The molecule has 2 nitrogen and oxygen atoms in total. The quantitative estimate of drug-likeness (QED) is 0.759. The van der Waals surface area contributed by atoms with E-state index in [1.165, 1.54) is 10.9 Å². The zero-order valence-electron chi connectivity index (χ0n) is 13.0. The summed E-state index contributed by atoms with van der Waals surface area (Å²) >= 11 is 1.76. The number of benzene rings is 1. The Hall–Kier alpha value is -0.970. The summed E-state index contributed by atoms with van der Waals surface area (Å²) in [5.41, 5.74) is 0. The standard InChI is InChI=1S/C17H24FNOS/c1-4-8-19-17(12(2)7-9-20-3)16-11-13-10-14(18)5-6-15(13)21-16/h5-6,10-12,17,19H,4,7-9H2,1-3H3. The highest BCUT2D eigenvalue weighted by molar-refractivity contribution is 7.19. The van der Waals surface area contributed by atoms with Gasteiger partial charge in [-0.05, 0) is 55.0 Å². The van der Waals surface area contributed by atoms with Crippen LogP contribution in [0.25, 0.3) is 10.1 Å². The minimum atomic E-state index is -0.169. The van der Waals surface area contributed by atoms with Gasteiger partial charge >= 0.3 is 0 Å². The van der Waals surface area contributed by atoms with Gasteiger partial charge in [0.1, 0.15) is 5.82 Å². The molecule has 1 heterocycles. The highest BCUT2D eigenvalue weighted by Crippen LogP contribution is 2.34. The molecule has 0 aliphatic rings. The third-order valence-corrected chi connectivity index (χ3v) is 4.96. The van der Waals surface area contributed by atoms with Crippen LogP contribution in [0.4, 0.5) is 4.39 Å². The number of rotatable bonds is 8. The van der Waals surface area contributed by atoms with E-state index in [1.54, 1.807) is 24.5 Å². The molecule has 116 valence electrons. The fraction of sp³-hybridized carbons (Fsp3) is 0.529. The maximum Gasteiger partial charge on any atom is 0.123 e. The number of nitrogens with one attached hydrogen (secondary N) is 1. The van der Waals surface area contributed by atoms with Crippen LogP contribution in [0.2, 0.25) is 0 Å². The monoisotopic (exact) mass is 309 g/mol. The van der Waals surface area contributed by atoms with Crippen LogP contribution >= 0.6 is 11.3 Å². The third-order valence-electron chi connectivity index (χ3n) is 3.76. The van der Waals surface area contributed by atoms with Crippen molar-refractivity contribution in [1.82, 2.24) is 5.32 Å². The average molecular weight is 309 g/mol. The molecule has 0 spiro atoms. The lowest BCUT2D eigenvalue weighted by molar-refractivity contribution is 0.170. The molecule has 2 aromatic rings. The molecule has 0 fully saturated rings. The second-order valence-electron chi connectivity index (χ2n) is 5.52. The molecule has 0 saturated carbocycles. The number of thiophene rings is 1. The molecule has 2 unspecified atom stereocenters. The van der Waals surface area contributed by atoms with Crippen molar-refractivity contribution >= 4 is 21.4 Å². The van der Waals surface area contributed by atoms with Crippen molar-refractivity contribution in [3.05, 3.63) is 35.0 Å². The Morgan fingerprint density at radius 1 is 1.33 bits per heavy atom. The van der Waals surface area contributed by atoms with E-state index in [9.17, 15) is 4.39 Å². The van der Waals surface area contributed by atoms with Crippen molar-refractivity contribution in [2.75, 3.05) is 20.3 Å². The Labute approximate surface area is 130 Å². The largest absolute Gasteiger partial charge is 0.385 e. The molecular weight excluding hydrogens is 285 g/mol. The van der Waals surface area contributed by atoms with Gasteiger partial charge in [-0.25, -0.2) is 4.39 Å². The first kappa shape index (κ1) is 16.4. The lowest BCUT2D eigenvalue weighted by atomic mass is 9.96. The fourth-order valence-corrected chi connectivity index (χ4v) is 3.79. The van der Waals surface area contributed by atoms with Crippen LogP contribution < -0.4 is 5.32 Å². The molecule has 0 bridgehead atoms. The van der Waals surface area contributed by atoms with Crippen molar-refractivity contribution in [2.45, 2.75) is 32.7 Å². The number of methoxy groups -OCH3 is 1. The summed E-state index contributed by atoms with van der Waals surface area (Å²) in [6.45, 7) is 6.18. The summed E-state index contributed by atoms with van der Waals surface area (Å²) in [5, 5.41) is 4.63. The van der Waals surface area contributed by atoms with Gasteiger partial charge in [0.15, 0.2) is 0 Å². The SMILES string of the molecule is CCCNC(c1cc2cc(F)ccc2s1)C(C)CCOC. The van der Waals surface area contributed by atoms with Gasteiger partial charge in [0.25, 0.3) is 0 Å². The summed E-state index contributed by atoms with van der Waals surface area (Å²) in [6, 6.07) is 7.45. The topological polar surface area (TPSA) is 21.3 Å². The van der Waals surface area contributed by atoms with Gasteiger partial charge in [-0.3, -0.25) is 0 Å². The van der Waals surface area contributed by atoms with Crippen LogP contribution in [0.3, 0.4) is 0 Å². The van der Waals surface area contributed by atoms with Gasteiger partial charge in [-0.1, -0.05) is 13.8 Å². The molecule has 0 amide bonds. The van der Waals surface area contributed by atoms with Gasteiger partial charge in [0, 0.05) is 29.3 Å². The van der Waals surface area contributed by atoms with Crippen molar-refractivity contribution in [3.63, 3.8) is 0 Å². The van der Waals surface area contributed by atoms with Gasteiger partial charge in [-0.15, -0.1) is 11.3 Å². The maximum atomic E-state index is 13.3. The molecule has 0 saturated heterocycles. The molecule has 0 aliphatic heterocycles. The molecule has 1 aromatic heterocycles. The first-order valence-electron chi connectivity index (χ1n) is 7.57. The van der Waals surface area contributed by atoms with Crippen LogP contribution in [-0.2, 0) is 4.74 Å². The van der Waals surface area contributed by atoms with Crippen molar-refractivity contribution in [2.24, 2.45) is 5.92 Å². The summed E-state index contributed by atoms with van der Waals surface area (Å²) in [4.78, 5) is 1.28. The molecular formula is C17H24FNOS. The first-order valence-corrected chi connectivity index (χ1v) is 8.38. The van der Waals surface area contributed by atoms with Crippen molar-refractivity contribution < 1.29 is 9.13 Å². The van der Waals surface area contributed by atoms with Crippen LogP contribution in [-0.4, -0.2) is 20.3 Å². The van der Waals surface area contributed by atoms with Gasteiger partial charge in [0.05, 0.1) is 0 Å². The predicted molar refractivity (Wildman–Crippen MR) is 88.5 cm³/mol. The zero-order chi connectivity index (χ0) is 15.2. The van der Waals surface area contributed by atoms with E-state index in [2.05, 4.69) is 25.2 Å². The third kappa shape index (κ3) is 4.25.